The number of amides is 2. The van der Waals surface area contributed by atoms with E-state index in [1.807, 2.05) is 11.8 Å². The van der Waals surface area contributed by atoms with Crippen molar-refractivity contribution >= 4 is 12.0 Å². The summed E-state index contributed by atoms with van der Waals surface area (Å²) in [5, 5.41) is 14.4. The molecule has 0 atom stereocenters. The average Bonchev–Trinajstić information content (AvgIpc) is 2.48. The lowest BCUT2D eigenvalue weighted by Crippen LogP contribution is -2.57. The first-order valence-electron chi connectivity index (χ1n) is 8.78. The van der Waals surface area contributed by atoms with Crippen LogP contribution in [0.2, 0.25) is 0 Å². The molecule has 0 aromatic carbocycles. The van der Waals surface area contributed by atoms with Crippen LogP contribution in [0.15, 0.2) is 0 Å². The van der Waals surface area contributed by atoms with E-state index in [1.165, 1.54) is 0 Å². The Kier molecular flexibility index (Phi) is 6.53. The highest BCUT2D eigenvalue weighted by Gasteiger charge is 2.41. The highest BCUT2D eigenvalue weighted by Crippen LogP contribution is 2.37. The smallest absolute Gasteiger partial charge is 0.391 e. The summed E-state index contributed by atoms with van der Waals surface area (Å²) < 4.78 is 37.9. The van der Waals surface area contributed by atoms with E-state index in [0.29, 0.717) is 32.2 Å². The first kappa shape index (κ1) is 19.8. The number of likely N-dealkylation sites (N-methyl/N-ethyl adjacent to an activating group) is 1. The first-order chi connectivity index (χ1) is 11.7. The minimum absolute atomic E-state index is 0.0114. The number of halogens is 3. The number of nitrogens with zero attached hydrogens (tertiary/aromatic N) is 1. The SMILES string of the molecule is CCN(CC(=O)O)C1CC(NC(=O)NC2CCC(C(F)(F)F)CC2)C1. The van der Waals surface area contributed by atoms with Gasteiger partial charge < -0.3 is 15.7 Å². The maximum atomic E-state index is 12.6. The number of carbonyl (C=O) groups is 2. The van der Waals surface area contributed by atoms with E-state index in [4.69, 9.17) is 5.11 Å². The number of aliphatic carboxylic acids is 1. The minimum Gasteiger partial charge on any atom is -0.480 e. The number of hydrogen-bond acceptors (Lipinski definition) is 3. The lowest BCUT2D eigenvalue weighted by molar-refractivity contribution is -0.182. The van der Waals surface area contributed by atoms with E-state index < -0.39 is 18.1 Å². The van der Waals surface area contributed by atoms with Gasteiger partial charge in [0.2, 0.25) is 0 Å². The molecule has 9 heteroatoms. The van der Waals surface area contributed by atoms with Gasteiger partial charge >= 0.3 is 18.2 Å². The van der Waals surface area contributed by atoms with Gasteiger partial charge in [0.1, 0.15) is 0 Å². The number of carboxylic acids is 1. The summed E-state index contributed by atoms with van der Waals surface area (Å²) in [6.45, 7) is 2.52. The van der Waals surface area contributed by atoms with Gasteiger partial charge in [0, 0.05) is 18.1 Å². The third kappa shape index (κ3) is 5.76. The molecule has 2 fully saturated rings. The second-order valence-electron chi connectivity index (χ2n) is 6.99. The molecule has 2 aliphatic carbocycles. The minimum atomic E-state index is -4.14. The fourth-order valence-electron chi connectivity index (χ4n) is 3.65. The largest absolute Gasteiger partial charge is 0.480 e. The molecule has 2 aliphatic rings. The maximum absolute atomic E-state index is 12.6. The van der Waals surface area contributed by atoms with Gasteiger partial charge in [0.15, 0.2) is 0 Å². The quantitative estimate of drug-likeness (QED) is 0.675. The number of alkyl halides is 3. The predicted octanol–water partition coefficient (Wildman–Crippen LogP) is 2.34. The molecule has 0 aromatic rings. The summed E-state index contributed by atoms with van der Waals surface area (Å²) >= 11 is 0. The van der Waals surface area contributed by atoms with Crippen molar-refractivity contribution < 1.29 is 27.9 Å². The summed E-state index contributed by atoms with van der Waals surface area (Å²) in [7, 11) is 0. The van der Waals surface area contributed by atoms with Gasteiger partial charge in [-0.15, -0.1) is 0 Å². The molecule has 0 saturated heterocycles. The Morgan fingerprint density at radius 2 is 1.64 bits per heavy atom. The van der Waals surface area contributed by atoms with Crippen LogP contribution in [-0.4, -0.2) is 59.4 Å². The fourth-order valence-corrected chi connectivity index (χ4v) is 3.65. The number of nitrogens with one attached hydrogen (secondary N) is 2. The zero-order valence-electron chi connectivity index (χ0n) is 14.3. The van der Waals surface area contributed by atoms with Gasteiger partial charge in [-0.05, 0) is 45.1 Å². The van der Waals surface area contributed by atoms with Gasteiger partial charge in [-0.2, -0.15) is 13.2 Å². The van der Waals surface area contributed by atoms with Crippen LogP contribution >= 0.6 is 0 Å². The summed E-state index contributed by atoms with van der Waals surface area (Å²) in [6, 6.07) is -0.429. The number of carboxylic acid groups (broad SMARTS) is 1. The van der Waals surface area contributed by atoms with Crippen molar-refractivity contribution in [2.75, 3.05) is 13.1 Å². The molecule has 2 amide bonds. The molecule has 6 nitrogen and oxygen atoms in total. The Bertz CT molecular complexity index is 473. The standard InChI is InChI=1S/C16H26F3N3O3/c1-2-22(9-14(23)24)13-7-12(8-13)21-15(25)20-11-5-3-10(4-6-11)16(17,18)19/h10-13H,2-9H2,1H3,(H,23,24)(H2,20,21,25). The van der Waals surface area contributed by atoms with Crippen LogP contribution in [0.3, 0.4) is 0 Å². The summed E-state index contributed by atoms with van der Waals surface area (Å²) in [5.74, 6) is -2.12. The Labute approximate surface area is 145 Å². The van der Waals surface area contributed by atoms with Gasteiger partial charge in [-0.3, -0.25) is 9.69 Å². The lowest BCUT2D eigenvalue weighted by atomic mass is 9.85. The number of hydrogen-bond donors (Lipinski definition) is 3. The number of urea groups is 1. The van der Waals surface area contributed by atoms with Crippen LogP contribution in [0.4, 0.5) is 18.0 Å². The van der Waals surface area contributed by atoms with E-state index in [2.05, 4.69) is 10.6 Å². The molecule has 25 heavy (non-hydrogen) atoms. The second kappa shape index (κ2) is 8.25. The third-order valence-electron chi connectivity index (χ3n) is 5.23. The molecule has 2 rings (SSSR count). The van der Waals surface area contributed by atoms with Gasteiger partial charge in [-0.25, -0.2) is 4.79 Å². The van der Waals surface area contributed by atoms with E-state index >= 15 is 0 Å². The van der Waals surface area contributed by atoms with Gasteiger partial charge in [0.25, 0.3) is 0 Å². The van der Waals surface area contributed by atoms with E-state index in [0.717, 1.165) is 0 Å². The first-order valence-corrected chi connectivity index (χ1v) is 8.78. The zero-order valence-corrected chi connectivity index (χ0v) is 14.3. The second-order valence-corrected chi connectivity index (χ2v) is 6.99. The Hall–Kier alpha value is -1.51. The monoisotopic (exact) mass is 365 g/mol. The average molecular weight is 365 g/mol. The molecule has 0 unspecified atom stereocenters. The highest BCUT2D eigenvalue weighted by molar-refractivity contribution is 5.74. The summed E-state index contributed by atoms with van der Waals surface area (Å²) in [6.07, 6.45) is -1.97. The van der Waals surface area contributed by atoms with Crippen molar-refractivity contribution in [3.8, 4) is 0 Å². The predicted molar refractivity (Wildman–Crippen MR) is 85.2 cm³/mol. The Balaban J connectivity index is 1.65. The van der Waals surface area contributed by atoms with Crippen molar-refractivity contribution in [2.24, 2.45) is 5.92 Å². The highest BCUT2D eigenvalue weighted by atomic mass is 19.4. The van der Waals surface area contributed by atoms with Crippen LogP contribution < -0.4 is 10.6 Å². The maximum Gasteiger partial charge on any atom is 0.391 e. The summed E-state index contributed by atoms with van der Waals surface area (Å²) in [5.41, 5.74) is 0. The molecule has 0 spiro atoms. The zero-order chi connectivity index (χ0) is 18.6. The Morgan fingerprint density at radius 3 is 2.12 bits per heavy atom. The normalized spacial score (nSPS) is 29.8. The molecule has 0 heterocycles. The third-order valence-corrected chi connectivity index (χ3v) is 5.23. The molecule has 0 radical (unpaired) electrons. The van der Waals surface area contributed by atoms with Gasteiger partial charge in [0.05, 0.1) is 12.5 Å². The van der Waals surface area contributed by atoms with Crippen molar-refractivity contribution in [1.29, 1.82) is 0 Å². The molecule has 2 saturated carbocycles. The number of carbonyl (C=O) groups excluding carboxylic acids is 1. The van der Waals surface area contributed by atoms with Crippen molar-refractivity contribution in [3.63, 3.8) is 0 Å². The molecule has 0 aliphatic heterocycles. The van der Waals surface area contributed by atoms with E-state index in [1.54, 1.807) is 0 Å². The van der Waals surface area contributed by atoms with E-state index in [9.17, 15) is 22.8 Å². The topological polar surface area (TPSA) is 81.7 Å². The van der Waals surface area contributed by atoms with Crippen LogP contribution in [0, 0.1) is 5.92 Å². The lowest BCUT2D eigenvalue weighted by Gasteiger charge is -2.42. The molecule has 0 aromatic heterocycles. The molecular weight excluding hydrogens is 339 g/mol. The Morgan fingerprint density at radius 1 is 1.08 bits per heavy atom. The molecule has 144 valence electrons. The fraction of sp³-hybridized carbons (Fsp3) is 0.875. The molecule has 0 bridgehead atoms. The van der Waals surface area contributed by atoms with Crippen LogP contribution in [0.1, 0.15) is 45.4 Å². The number of rotatable bonds is 6. The van der Waals surface area contributed by atoms with Gasteiger partial charge in [-0.1, -0.05) is 6.92 Å². The van der Waals surface area contributed by atoms with Crippen LogP contribution in [0.5, 0.6) is 0 Å². The van der Waals surface area contributed by atoms with Crippen molar-refractivity contribution in [3.05, 3.63) is 0 Å². The van der Waals surface area contributed by atoms with Crippen molar-refractivity contribution in [2.45, 2.75) is 69.8 Å². The van der Waals surface area contributed by atoms with Crippen LogP contribution in [0.25, 0.3) is 0 Å². The van der Waals surface area contributed by atoms with Crippen molar-refractivity contribution in [1.82, 2.24) is 15.5 Å². The molecular formula is C16H26F3N3O3. The van der Waals surface area contributed by atoms with Crippen LogP contribution in [-0.2, 0) is 4.79 Å². The van der Waals surface area contributed by atoms with E-state index in [-0.39, 0.29) is 43.5 Å². The summed E-state index contributed by atoms with van der Waals surface area (Å²) in [4.78, 5) is 24.6. The molecule has 3 N–H and O–H groups in total.